The molecule has 0 bridgehead atoms. The summed E-state index contributed by atoms with van der Waals surface area (Å²) in [6, 6.07) is 0. The molecule has 2 saturated heterocycles. The van der Waals surface area contributed by atoms with E-state index >= 15 is 0 Å². The molecule has 4 aliphatic rings. The maximum Gasteiger partial charge on any atom is 0.186 e. The zero-order valence-electron chi connectivity index (χ0n) is 19.9. The topological polar surface area (TPSA) is 138 Å². The van der Waals surface area contributed by atoms with Gasteiger partial charge in [0.1, 0.15) is 24.4 Å². The van der Waals surface area contributed by atoms with E-state index in [-0.39, 0.29) is 30.0 Å². The quantitative estimate of drug-likeness (QED) is 0.378. The molecule has 9 nitrogen and oxygen atoms in total. The van der Waals surface area contributed by atoms with Crippen molar-refractivity contribution >= 4 is 0 Å². The van der Waals surface area contributed by atoms with Gasteiger partial charge in [-0.05, 0) is 44.4 Å². The largest absolute Gasteiger partial charge is 0.394 e. The van der Waals surface area contributed by atoms with Gasteiger partial charge >= 0.3 is 0 Å². The number of methoxy groups -OCH3 is 1. The molecule has 4 fully saturated rings. The van der Waals surface area contributed by atoms with Crippen molar-refractivity contribution in [2.45, 2.75) is 114 Å². The molecule has 192 valence electrons. The molecule has 7 unspecified atom stereocenters. The second kappa shape index (κ2) is 10.7. The van der Waals surface area contributed by atoms with Gasteiger partial charge in [0, 0.05) is 24.9 Å². The zero-order valence-corrected chi connectivity index (χ0v) is 19.9. The molecule has 0 aromatic rings. The molecule has 0 amide bonds. The van der Waals surface area contributed by atoms with Gasteiger partial charge in [0.2, 0.25) is 0 Å². The van der Waals surface area contributed by atoms with Crippen molar-refractivity contribution < 1.29 is 44.5 Å². The molecule has 4 rings (SSSR count). The number of ether oxygens (including phenoxy) is 4. The van der Waals surface area contributed by atoms with E-state index in [0.29, 0.717) is 12.0 Å². The average molecular weight is 475 g/mol. The van der Waals surface area contributed by atoms with Crippen LogP contribution < -0.4 is 0 Å². The van der Waals surface area contributed by atoms with Crippen molar-refractivity contribution in [3.05, 3.63) is 0 Å². The maximum absolute atomic E-state index is 11.0. The van der Waals surface area contributed by atoms with Gasteiger partial charge in [0.05, 0.1) is 37.1 Å². The Morgan fingerprint density at radius 3 is 2.12 bits per heavy atom. The summed E-state index contributed by atoms with van der Waals surface area (Å²) in [5.41, 5.74) is 0. The zero-order chi connectivity index (χ0) is 23.9. The lowest BCUT2D eigenvalue weighted by molar-refractivity contribution is -0.333. The van der Waals surface area contributed by atoms with Crippen LogP contribution in [0.1, 0.15) is 52.4 Å². The number of aliphatic hydroxyl groups is 5. The lowest BCUT2D eigenvalue weighted by atomic mass is 9.66. The Morgan fingerprint density at radius 2 is 1.48 bits per heavy atom. The van der Waals surface area contributed by atoms with E-state index in [2.05, 4.69) is 0 Å². The predicted octanol–water partition coefficient (Wildman–Crippen LogP) is 0.187. The monoisotopic (exact) mass is 474 g/mol. The van der Waals surface area contributed by atoms with Gasteiger partial charge in [0.15, 0.2) is 6.29 Å². The van der Waals surface area contributed by atoms with Crippen molar-refractivity contribution in [1.82, 2.24) is 0 Å². The van der Waals surface area contributed by atoms with Crippen molar-refractivity contribution in [2.24, 2.45) is 23.7 Å². The summed E-state index contributed by atoms with van der Waals surface area (Å²) < 4.78 is 23.9. The van der Waals surface area contributed by atoms with E-state index < -0.39 is 49.5 Å². The van der Waals surface area contributed by atoms with Crippen LogP contribution in [0, 0.1) is 23.7 Å². The summed E-state index contributed by atoms with van der Waals surface area (Å²) in [7, 11) is 1.77. The number of rotatable bonds is 5. The highest BCUT2D eigenvalue weighted by atomic mass is 16.7. The van der Waals surface area contributed by atoms with Crippen LogP contribution in [-0.4, -0.2) is 100 Å². The predicted molar refractivity (Wildman–Crippen MR) is 117 cm³/mol. The molecule has 0 radical (unpaired) electrons. The molecule has 2 aliphatic carbocycles. The van der Waals surface area contributed by atoms with E-state index in [4.69, 9.17) is 18.9 Å². The normalized spacial score (nSPS) is 53.5. The van der Waals surface area contributed by atoms with Gasteiger partial charge < -0.3 is 44.5 Å². The maximum atomic E-state index is 11.0. The lowest BCUT2D eigenvalue weighted by Gasteiger charge is -2.53. The van der Waals surface area contributed by atoms with Crippen LogP contribution in [0.4, 0.5) is 0 Å². The van der Waals surface area contributed by atoms with E-state index in [9.17, 15) is 25.5 Å². The molecule has 9 heteroatoms. The SMILES string of the molecule is COC1CCC(C2CCC3C(O2)C(C)C(O)C(C)C3O[C@@H]2O[C@H](CO)[C@@H](O)[C@H](O)[C@H]2O)CC1. The van der Waals surface area contributed by atoms with Crippen LogP contribution >= 0.6 is 0 Å². The van der Waals surface area contributed by atoms with E-state index in [1.807, 2.05) is 13.8 Å². The summed E-state index contributed by atoms with van der Waals surface area (Å²) in [4.78, 5) is 0. The molecule has 2 aliphatic heterocycles. The second-order valence-electron chi connectivity index (χ2n) is 10.7. The Bertz CT molecular complexity index is 625. The van der Waals surface area contributed by atoms with Gasteiger partial charge in [0.25, 0.3) is 0 Å². The lowest BCUT2D eigenvalue weighted by Crippen LogP contribution is -2.63. The molecule has 5 N–H and O–H groups in total. The highest BCUT2D eigenvalue weighted by Gasteiger charge is 2.53. The van der Waals surface area contributed by atoms with Crippen LogP contribution in [0.15, 0.2) is 0 Å². The molecule has 12 atom stereocenters. The third-order valence-electron chi connectivity index (χ3n) is 8.79. The van der Waals surface area contributed by atoms with E-state index in [1.165, 1.54) is 0 Å². The Morgan fingerprint density at radius 1 is 0.788 bits per heavy atom. The van der Waals surface area contributed by atoms with Crippen molar-refractivity contribution in [1.29, 1.82) is 0 Å². The minimum absolute atomic E-state index is 0.0114. The third-order valence-corrected chi connectivity index (χ3v) is 8.79. The van der Waals surface area contributed by atoms with Crippen molar-refractivity contribution in [3.8, 4) is 0 Å². The Kier molecular flexibility index (Phi) is 8.36. The minimum atomic E-state index is -1.49. The highest BCUT2D eigenvalue weighted by Crippen LogP contribution is 2.46. The average Bonchev–Trinajstić information content (AvgIpc) is 2.85. The van der Waals surface area contributed by atoms with Gasteiger partial charge in [-0.2, -0.15) is 0 Å². The van der Waals surface area contributed by atoms with Crippen LogP contribution in [0.25, 0.3) is 0 Å². The Hall–Kier alpha value is -0.360. The first kappa shape index (κ1) is 25.7. The number of fused-ring (bicyclic) bond motifs is 1. The summed E-state index contributed by atoms with van der Waals surface area (Å²) >= 11 is 0. The van der Waals surface area contributed by atoms with Crippen LogP contribution in [-0.2, 0) is 18.9 Å². The highest BCUT2D eigenvalue weighted by molar-refractivity contribution is 5.00. The molecule has 0 aromatic heterocycles. The van der Waals surface area contributed by atoms with Crippen LogP contribution in [0.5, 0.6) is 0 Å². The smallest absolute Gasteiger partial charge is 0.186 e. The first-order valence-corrected chi connectivity index (χ1v) is 12.6. The first-order valence-electron chi connectivity index (χ1n) is 12.6. The number of hydrogen-bond acceptors (Lipinski definition) is 9. The standard InChI is InChI=1S/C24H42O9/c1-11-18(26)12(2)23(33-24-21(29)20(28)19(27)17(10-25)32-24)15-8-9-16(31-22(11)15)13-4-6-14(30-3)7-5-13/h11-29H,4-10H2,1-3H3/t11?,12?,13?,14?,15?,16?,17-,18?,19-,20+,21-,22?,23?,24+/m1/s1. The summed E-state index contributed by atoms with van der Waals surface area (Å²) in [6.07, 6.45) is -1.36. The second-order valence-corrected chi connectivity index (χ2v) is 10.7. The van der Waals surface area contributed by atoms with Gasteiger partial charge in [-0.15, -0.1) is 0 Å². The van der Waals surface area contributed by atoms with Crippen molar-refractivity contribution in [3.63, 3.8) is 0 Å². The molecule has 2 heterocycles. The molecular weight excluding hydrogens is 432 g/mol. The summed E-state index contributed by atoms with van der Waals surface area (Å²) in [5.74, 6) is 0.215. The fourth-order valence-corrected chi connectivity index (χ4v) is 6.62. The fourth-order valence-electron chi connectivity index (χ4n) is 6.62. The fraction of sp³-hybridized carbons (Fsp3) is 1.00. The van der Waals surface area contributed by atoms with Gasteiger partial charge in [-0.3, -0.25) is 0 Å². The molecule has 0 spiro atoms. The number of aliphatic hydroxyl groups excluding tert-OH is 5. The summed E-state index contributed by atoms with van der Waals surface area (Å²) in [6.45, 7) is 3.43. The van der Waals surface area contributed by atoms with E-state index in [0.717, 1.165) is 38.5 Å². The van der Waals surface area contributed by atoms with Crippen LogP contribution in [0.3, 0.4) is 0 Å². The minimum Gasteiger partial charge on any atom is -0.394 e. The van der Waals surface area contributed by atoms with Gasteiger partial charge in [-0.25, -0.2) is 0 Å². The summed E-state index contributed by atoms with van der Waals surface area (Å²) in [5, 5.41) is 51.2. The molecule has 2 saturated carbocycles. The van der Waals surface area contributed by atoms with E-state index in [1.54, 1.807) is 7.11 Å². The molecule has 0 aromatic carbocycles. The Labute approximate surface area is 196 Å². The third kappa shape index (κ3) is 4.99. The molecule has 33 heavy (non-hydrogen) atoms. The first-order chi connectivity index (χ1) is 15.8. The van der Waals surface area contributed by atoms with Crippen LogP contribution in [0.2, 0.25) is 0 Å². The number of hydrogen-bond donors (Lipinski definition) is 5. The van der Waals surface area contributed by atoms with Crippen molar-refractivity contribution in [2.75, 3.05) is 13.7 Å². The van der Waals surface area contributed by atoms with Gasteiger partial charge in [-0.1, -0.05) is 13.8 Å². The Balaban J connectivity index is 1.45. The molecular formula is C24H42O9.